The quantitative estimate of drug-likeness (QED) is 0.872. The molecule has 0 radical (unpaired) electrons. The number of aryl methyl sites for hydroxylation is 1. The number of ether oxygens (including phenoxy) is 1. The van der Waals surface area contributed by atoms with E-state index in [2.05, 4.69) is 5.32 Å². The van der Waals surface area contributed by atoms with Gasteiger partial charge in [-0.25, -0.2) is 4.79 Å². The molecule has 1 atom stereocenters. The minimum absolute atomic E-state index is 0.141. The van der Waals surface area contributed by atoms with Crippen molar-refractivity contribution in [2.45, 2.75) is 32.8 Å². The third kappa shape index (κ3) is 5.16. The third-order valence-corrected chi connectivity index (χ3v) is 4.03. The number of nitrogens with one attached hydrogen (secondary N) is 1. The van der Waals surface area contributed by atoms with Crippen LogP contribution >= 0.6 is 0 Å². The number of aliphatic carboxylic acids is 1. The van der Waals surface area contributed by atoms with Gasteiger partial charge in [-0.1, -0.05) is 17.7 Å². The lowest BCUT2D eigenvalue weighted by Gasteiger charge is -2.30. The van der Waals surface area contributed by atoms with E-state index in [0.717, 1.165) is 5.75 Å². The largest absolute Gasteiger partial charge is 0.489 e. The van der Waals surface area contributed by atoms with Crippen molar-refractivity contribution < 1.29 is 19.4 Å². The summed E-state index contributed by atoms with van der Waals surface area (Å²) >= 11 is 0. The monoisotopic (exact) mass is 320 g/mol. The van der Waals surface area contributed by atoms with Gasteiger partial charge in [0.2, 0.25) is 0 Å². The second kappa shape index (κ2) is 7.85. The molecule has 23 heavy (non-hydrogen) atoms. The van der Waals surface area contributed by atoms with Crippen molar-refractivity contribution in [2.75, 3.05) is 19.6 Å². The van der Waals surface area contributed by atoms with Crippen molar-refractivity contribution in [1.82, 2.24) is 10.2 Å². The van der Waals surface area contributed by atoms with Crippen LogP contribution in [0.4, 0.5) is 4.79 Å². The molecule has 6 heteroatoms. The summed E-state index contributed by atoms with van der Waals surface area (Å²) in [5, 5.41) is 11.8. The molecule has 0 aromatic heterocycles. The van der Waals surface area contributed by atoms with Crippen molar-refractivity contribution in [3.8, 4) is 5.75 Å². The van der Waals surface area contributed by atoms with Crippen LogP contribution in [0.3, 0.4) is 0 Å². The lowest BCUT2D eigenvalue weighted by Crippen LogP contribution is -2.47. The zero-order valence-electron chi connectivity index (χ0n) is 13.6. The normalized spacial score (nSPS) is 16.7. The standard InChI is InChI=1S/C17H24N2O4/c1-12-3-5-15(6-4-12)23-13(2)11-18-17(22)19-9-7-14(8-10-19)16(20)21/h3-6,13-14H,7-11H2,1-2H3,(H,18,22)(H,20,21). The maximum atomic E-state index is 12.1. The van der Waals surface area contributed by atoms with Crippen LogP contribution in [-0.4, -0.2) is 47.7 Å². The molecular formula is C17H24N2O4. The van der Waals surface area contributed by atoms with Crippen molar-refractivity contribution in [3.63, 3.8) is 0 Å². The fourth-order valence-electron chi connectivity index (χ4n) is 2.56. The molecule has 0 aliphatic carbocycles. The number of carboxylic acids is 1. The summed E-state index contributed by atoms with van der Waals surface area (Å²) < 4.78 is 5.74. The minimum Gasteiger partial charge on any atom is -0.489 e. The topological polar surface area (TPSA) is 78.9 Å². The molecule has 2 rings (SSSR count). The fraction of sp³-hybridized carbons (Fsp3) is 0.529. The first-order valence-electron chi connectivity index (χ1n) is 7.94. The van der Waals surface area contributed by atoms with Crippen molar-refractivity contribution in [1.29, 1.82) is 0 Å². The number of carbonyl (C=O) groups is 2. The molecule has 1 aliphatic heterocycles. The molecule has 0 bridgehead atoms. The lowest BCUT2D eigenvalue weighted by atomic mass is 9.97. The van der Waals surface area contributed by atoms with E-state index >= 15 is 0 Å². The number of carbonyl (C=O) groups excluding carboxylic acids is 1. The number of likely N-dealkylation sites (tertiary alicyclic amines) is 1. The molecule has 126 valence electrons. The SMILES string of the molecule is Cc1ccc(OC(C)CNC(=O)N2CCC(C(=O)O)CC2)cc1. The molecule has 2 amide bonds. The van der Waals surface area contributed by atoms with Crippen molar-refractivity contribution in [2.24, 2.45) is 5.92 Å². The van der Waals surface area contributed by atoms with E-state index in [4.69, 9.17) is 9.84 Å². The Balaban J connectivity index is 1.71. The summed E-state index contributed by atoms with van der Waals surface area (Å²) in [4.78, 5) is 24.7. The zero-order chi connectivity index (χ0) is 16.8. The third-order valence-electron chi connectivity index (χ3n) is 4.03. The van der Waals surface area contributed by atoms with Gasteiger partial charge in [0.05, 0.1) is 12.5 Å². The highest BCUT2D eigenvalue weighted by molar-refractivity contribution is 5.75. The van der Waals surface area contributed by atoms with Gasteiger partial charge in [0.25, 0.3) is 0 Å². The molecule has 0 spiro atoms. The molecule has 1 saturated heterocycles. The van der Waals surface area contributed by atoms with Crippen LogP contribution in [0.25, 0.3) is 0 Å². The Labute approximate surface area is 136 Å². The molecular weight excluding hydrogens is 296 g/mol. The summed E-state index contributed by atoms with van der Waals surface area (Å²) in [6.45, 7) is 5.29. The number of hydrogen-bond acceptors (Lipinski definition) is 3. The predicted molar refractivity (Wildman–Crippen MR) is 86.6 cm³/mol. The first kappa shape index (κ1) is 17.1. The first-order valence-corrected chi connectivity index (χ1v) is 7.94. The Morgan fingerprint density at radius 1 is 1.30 bits per heavy atom. The number of urea groups is 1. The highest BCUT2D eigenvalue weighted by Crippen LogP contribution is 2.17. The van der Waals surface area contributed by atoms with Gasteiger partial charge in [0, 0.05) is 13.1 Å². The number of rotatable bonds is 5. The van der Waals surface area contributed by atoms with Crippen LogP contribution in [0.15, 0.2) is 24.3 Å². The van der Waals surface area contributed by atoms with E-state index < -0.39 is 5.97 Å². The summed E-state index contributed by atoms with van der Waals surface area (Å²) in [6, 6.07) is 7.61. The number of nitrogens with zero attached hydrogens (tertiary/aromatic N) is 1. The summed E-state index contributed by atoms with van der Waals surface area (Å²) in [5.74, 6) is -0.326. The van der Waals surface area contributed by atoms with Gasteiger partial charge < -0.3 is 20.1 Å². The molecule has 1 unspecified atom stereocenters. The van der Waals surface area contributed by atoms with Gasteiger partial charge in [-0.2, -0.15) is 0 Å². The maximum Gasteiger partial charge on any atom is 0.317 e. The van der Waals surface area contributed by atoms with E-state index in [1.807, 2.05) is 38.1 Å². The highest BCUT2D eigenvalue weighted by atomic mass is 16.5. The van der Waals surface area contributed by atoms with E-state index in [-0.39, 0.29) is 18.1 Å². The van der Waals surface area contributed by atoms with Crippen LogP contribution in [-0.2, 0) is 4.79 Å². The average Bonchev–Trinajstić information content (AvgIpc) is 2.55. The Morgan fingerprint density at radius 3 is 2.48 bits per heavy atom. The molecule has 1 fully saturated rings. The molecule has 1 aromatic rings. The number of carboxylic acid groups (broad SMARTS) is 1. The zero-order valence-corrected chi connectivity index (χ0v) is 13.6. The Bertz CT molecular complexity index is 536. The van der Waals surface area contributed by atoms with Crippen molar-refractivity contribution >= 4 is 12.0 Å². The highest BCUT2D eigenvalue weighted by Gasteiger charge is 2.26. The number of amides is 2. The minimum atomic E-state index is -0.773. The van der Waals surface area contributed by atoms with Gasteiger partial charge in [-0.3, -0.25) is 4.79 Å². The summed E-state index contributed by atoms with van der Waals surface area (Å²) in [7, 11) is 0. The first-order chi connectivity index (χ1) is 11.0. The average molecular weight is 320 g/mol. The molecule has 1 aliphatic rings. The van der Waals surface area contributed by atoms with Gasteiger partial charge in [0.1, 0.15) is 11.9 Å². The summed E-state index contributed by atoms with van der Waals surface area (Å²) in [6.07, 6.45) is 0.884. The Kier molecular flexibility index (Phi) is 5.84. The molecule has 1 aromatic carbocycles. The van der Waals surface area contributed by atoms with Crippen LogP contribution < -0.4 is 10.1 Å². The molecule has 6 nitrogen and oxygen atoms in total. The second-order valence-corrected chi connectivity index (χ2v) is 6.03. The Morgan fingerprint density at radius 2 is 1.91 bits per heavy atom. The van der Waals surface area contributed by atoms with E-state index in [1.54, 1.807) is 4.90 Å². The van der Waals surface area contributed by atoms with Crippen LogP contribution in [0.1, 0.15) is 25.3 Å². The van der Waals surface area contributed by atoms with E-state index in [0.29, 0.717) is 32.5 Å². The van der Waals surface area contributed by atoms with Gasteiger partial charge in [-0.15, -0.1) is 0 Å². The predicted octanol–water partition coefficient (Wildman–Crippen LogP) is 2.27. The molecule has 2 N–H and O–H groups in total. The van der Waals surface area contributed by atoms with Crippen LogP contribution in [0.5, 0.6) is 5.75 Å². The smallest absolute Gasteiger partial charge is 0.317 e. The van der Waals surface area contributed by atoms with Crippen molar-refractivity contribution in [3.05, 3.63) is 29.8 Å². The van der Waals surface area contributed by atoms with Crippen LogP contribution in [0, 0.1) is 12.8 Å². The fourth-order valence-corrected chi connectivity index (χ4v) is 2.56. The number of hydrogen-bond donors (Lipinski definition) is 2. The summed E-state index contributed by atoms with van der Waals surface area (Å²) in [5.41, 5.74) is 1.17. The number of piperidine rings is 1. The Hall–Kier alpha value is -2.24. The molecule has 0 saturated carbocycles. The van der Waals surface area contributed by atoms with E-state index in [9.17, 15) is 9.59 Å². The van der Waals surface area contributed by atoms with Gasteiger partial charge in [-0.05, 0) is 38.8 Å². The van der Waals surface area contributed by atoms with E-state index in [1.165, 1.54) is 5.56 Å². The second-order valence-electron chi connectivity index (χ2n) is 6.03. The molecule has 1 heterocycles. The van der Waals surface area contributed by atoms with Gasteiger partial charge >= 0.3 is 12.0 Å². The maximum absolute atomic E-state index is 12.1. The van der Waals surface area contributed by atoms with Gasteiger partial charge in [0.15, 0.2) is 0 Å². The van der Waals surface area contributed by atoms with Crippen LogP contribution in [0.2, 0.25) is 0 Å². The number of benzene rings is 1. The lowest BCUT2D eigenvalue weighted by molar-refractivity contribution is -0.143.